The summed E-state index contributed by atoms with van der Waals surface area (Å²) in [6.07, 6.45) is -12.3. The first-order chi connectivity index (χ1) is 21.4. The molecule has 2 fully saturated rings. The summed E-state index contributed by atoms with van der Waals surface area (Å²) in [6, 6.07) is 8.54. The molecule has 10 atom stereocenters. The number of rotatable bonds is 11. The average molecular weight is 639 g/mol. The van der Waals surface area contributed by atoms with Gasteiger partial charge in [-0.1, -0.05) is 12.1 Å². The topological polar surface area (TPSA) is 234 Å². The molecule has 0 saturated carbocycles. The van der Waals surface area contributed by atoms with Gasteiger partial charge in [-0.3, -0.25) is 0 Å². The van der Waals surface area contributed by atoms with E-state index in [9.17, 15) is 45.6 Å². The SMILES string of the molecule is COc1cc(CCOC2OC(CO)C(OC(=O)C=Cc3ccc(O)c(O)c3)C(OC3OC(C)C(O)C(O)C3O)C2O)ccc1O. The number of hydrogen-bond donors (Lipinski definition) is 8. The Hall–Kier alpha value is -3.51. The number of carbonyl (C=O) groups is 1. The van der Waals surface area contributed by atoms with Gasteiger partial charge >= 0.3 is 5.97 Å². The van der Waals surface area contributed by atoms with Gasteiger partial charge in [0, 0.05) is 6.08 Å². The van der Waals surface area contributed by atoms with E-state index in [-0.39, 0.29) is 23.9 Å². The number of methoxy groups -OCH3 is 1. The maximum Gasteiger partial charge on any atom is 0.331 e. The van der Waals surface area contributed by atoms with Gasteiger partial charge in [0.25, 0.3) is 0 Å². The van der Waals surface area contributed by atoms with Crippen molar-refractivity contribution in [2.75, 3.05) is 20.3 Å². The lowest BCUT2D eigenvalue weighted by molar-refractivity contribution is -0.357. The third-order valence-corrected chi connectivity index (χ3v) is 7.47. The molecular formula is C30H38O15. The van der Waals surface area contributed by atoms with Crippen molar-refractivity contribution in [3.05, 3.63) is 53.6 Å². The van der Waals surface area contributed by atoms with Crippen LogP contribution in [0.1, 0.15) is 18.1 Å². The molecule has 2 aromatic carbocycles. The number of aliphatic hydroxyl groups is 5. The van der Waals surface area contributed by atoms with Crippen molar-refractivity contribution in [3.8, 4) is 23.0 Å². The number of phenolic OH excluding ortho intramolecular Hbond substituents is 3. The largest absolute Gasteiger partial charge is 0.504 e. The highest BCUT2D eigenvalue weighted by Gasteiger charge is 2.52. The fourth-order valence-electron chi connectivity index (χ4n) is 4.91. The number of esters is 1. The molecule has 45 heavy (non-hydrogen) atoms. The van der Waals surface area contributed by atoms with Gasteiger partial charge in [0.1, 0.15) is 36.6 Å². The van der Waals surface area contributed by atoms with Gasteiger partial charge < -0.3 is 69.3 Å². The Bertz CT molecular complexity index is 1320. The summed E-state index contributed by atoms with van der Waals surface area (Å²) in [4.78, 5) is 12.8. The van der Waals surface area contributed by atoms with Crippen molar-refractivity contribution in [2.24, 2.45) is 0 Å². The van der Waals surface area contributed by atoms with E-state index >= 15 is 0 Å². The van der Waals surface area contributed by atoms with Crippen LogP contribution in [0.4, 0.5) is 0 Å². The summed E-state index contributed by atoms with van der Waals surface area (Å²) in [5.41, 5.74) is 1.07. The molecule has 8 N–H and O–H groups in total. The molecule has 0 radical (unpaired) electrons. The Morgan fingerprint density at radius 1 is 0.867 bits per heavy atom. The molecule has 2 aromatic rings. The Morgan fingerprint density at radius 3 is 2.29 bits per heavy atom. The Balaban J connectivity index is 1.52. The van der Waals surface area contributed by atoms with E-state index < -0.39 is 79.7 Å². The molecule has 4 rings (SSSR count). The molecule has 2 heterocycles. The molecule has 0 bridgehead atoms. The van der Waals surface area contributed by atoms with Crippen LogP contribution in [0.5, 0.6) is 23.0 Å². The Labute approximate surface area is 258 Å². The van der Waals surface area contributed by atoms with Gasteiger partial charge in [0.2, 0.25) is 0 Å². The minimum atomic E-state index is -1.76. The van der Waals surface area contributed by atoms with E-state index in [0.717, 1.165) is 11.6 Å². The summed E-state index contributed by atoms with van der Waals surface area (Å²) in [5, 5.41) is 81.3. The lowest BCUT2D eigenvalue weighted by atomic mass is 9.97. The molecule has 2 aliphatic rings. The predicted octanol–water partition coefficient (Wildman–Crippen LogP) is -0.713. The molecule has 248 valence electrons. The van der Waals surface area contributed by atoms with Crippen LogP contribution in [0.25, 0.3) is 6.08 Å². The number of ether oxygens (including phenoxy) is 6. The zero-order chi connectivity index (χ0) is 32.8. The summed E-state index contributed by atoms with van der Waals surface area (Å²) in [6.45, 7) is 0.694. The number of aromatic hydroxyl groups is 3. The van der Waals surface area contributed by atoms with Crippen LogP contribution < -0.4 is 4.74 Å². The molecular weight excluding hydrogens is 600 g/mol. The minimum absolute atomic E-state index is 0.0162. The highest BCUT2D eigenvalue weighted by molar-refractivity contribution is 5.87. The lowest BCUT2D eigenvalue weighted by Crippen LogP contribution is -2.65. The maximum absolute atomic E-state index is 12.8. The molecule has 15 heteroatoms. The first-order valence-corrected chi connectivity index (χ1v) is 14.1. The average Bonchev–Trinajstić information content (AvgIpc) is 3.02. The second kappa shape index (κ2) is 15.2. The summed E-state index contributed by atoms with van der Waals surface area (Å²) < 4.78 is 33.5. The van der Waals surface area contributed by atoms with Gasteiger partial charge in [0.15, 0.2) is 41.7 Å². The minimum Gasteiger partial charge on any atom is -0.504 e. The van der Waals surface area contributed by atoms with Crippen LogP contribution >= 0.6 is 0 Å². The molecule has 0 aliphatic carbocycles. The van der Waals surface area contributed by atoms with Crippen molar-refractivity contribution >= 4 is 12.0 Å². The number of hydrogen-bond acceptors (Lipinski definition) is 15. The summed E-state index contributed by atoms with van der Waals surface area (Å²) in [7, 11) is 1.40. The molecule has 2 saturated heterocycles. The molecule has 0 amide bonds. The molecule has 0 aromatic heterocycles. The monoisotopic (exact) mass is 638 g/mol. The summed E-state index contributed by atoms with van der Waals surface area (Å²) in [5.74, 6) is -1.53. The molecule has 10 unspecified atom stereocenters. The third-order valence-electron chi connectivity index (χ3n) is 7.47. The van der Waals surface area contributed by atoms with Crippen molar-refractivity contribution in [1.82, 2.24) is 0 Å². The molecule has 15 nitrogen and oxygen atoms in total. The predicted molar refractivity (Wildman–Crippen MR) is 152 cm³/mol. The number of phenols is 3. The Kier molecular flexibility index (Phi) is 11.6. The lowest BCUT2D eigenvalue weighted by Gasteiger charge is -2.46. The highest BCUT2D eigenvalue weighted by Crippen LogP contribution is 2.32. The van der Waals surface area contributed by atoms with E-state index in [1.165, 1.54) is 44.4 Å². The van der Waals surface area contributed by atoms with E-state index in [2.05, 4.69) is 0 Å². The zero-order valence-electron chi connectivity index (χ0n) is 24.4. The fourth-order valence-corrected chi connectivity index (χ4v) is 4.91. The van der Waals surface area contributed by atoms with Gasteiger partial charge in [-0.05, 0) is 54.8 Å². The van der Waals surface area contributed by atoms with Gasteiger partial charge in [0.05, 0.1) is 26.4 Å². The second-order valence-electron chi connectivity index (χ2n) is 10.6. The van der Waals surface area contributed by atoms with E-state index in [1.54, 1.807) is 12.1 Å². The second-order valence-corrected chi connectivity index (χ2v) is 10.6. The first kappa shape index (κ1) is 34.4. The standard InChI is InChI=1S/C30H38O15/c1-14-23(36)24(37)25(38)30(42-14)45-28-26(39)29(41-10-9-16-4-7-18(33)20(12-16)40-2)43-21(13-31)27(28)44-22(35)8-5-15-3-6-17(32)19(34)11-15/h3-8,11-12,14,21,23-34,36-39H,9-10,13H2,1-2H3. The quantitative estimate of drug-likeness (QED) is 0.0862. The highest BCUT2D eigenvalue weighted by atomic mass is 16.7. The van der Waals surface area contributed by atoms with Crippen LogP contribution in [-0.2, 0) is 34.9 Å². The fraction of sp³-hybridized carbons (Fsp3) is 0.500. The zero-order valence-corrected chi connectivity index (χ0v) is 24.4. The van der Waals surface area contributed by atoms with Crippen LogP contribution in [0.2, 0.25) is 0 Å². The van der Waals surface area contributed by atoms with Crippen molar-refractivity contribution in [3.63, 3.8) is 0 Å². The van der Waals surface area contributed by atoms with E-state index in [0.29, 0.717) is 12.0 Å². The van der Waals surface area contributed by atoms with E-state index in [4.69, 9.17) is 28.4 Å². The van der Waals surface area contributed by atoms with Crippen LogP contribution in [-0.4, -0.2) is 129 Å². The molecule has 0 spiro atoms. The van der Waals surface area contributed by atoms with Crippen LogP contribution in [0, 0.1) is 0 Å². The van der Waals surface area contributed by atoms with E-state index in [1.807, 2.05) is 0 Å². The van der Waals surface area contributed by atoms with Crippen molar-refractivity contribution < 1.29 is 74.1 Å². The third kappa shape index (κ3) is 8.21. The van der Waals surface area contributed by atoms with Crippen LogP contribution in [0.15, 0.2) is 42.5 Å². The van der Waals surface area contributed by atoms with Gasteiger partial charge in [-0.25, -0.2) is 4.79 Å². The Morgan fingerprint density at radius 2 is 1.60 bits per heavy atom. The summed E-state index contributed by atoms with van der Waals surface area (Å²) >= 11 is 0. The normalized spacial score (nSPS) is 32.0. The van der Waals surface area contributed by atoms with Gasteiger partial charge in [-0.2, -0.15) is 0 Å². The van der Waals surface area contributed by atoms with Crippen molar-refractivity contribution in [1.29, 1.82) is 0 Å². The maximum atomic E-state index is 12.8. The van der Waals surface area contributed by atoms with Gasteiger partial charge in [-0.15, -0.1) is 0 Å². The van der Waals surface area contributed by atoms with Crippen molar-refractivity contribution in [2.45, 2.75) is 74.8 Å². The number of aliphatic hydroxyl groups excluding tert-OH is 5. The number of carbonyl (C=O) groups excluding carboxylic acids is 1. The van der Waals surface area contributed by atoms with Crippen LogP contribution in [0.3, 0.4) is 0 Å². The smallest absolute Gasteiger partial charge is 0.331 e. The first-order valence-electron chi connectivity index (χ1n) is 14.1. The molecule has 2 aliphatic heterocycles. The number of benzene rings is 2.